The van der Waals surface area contributed by atoms with Crippen molar-refractivity contribution in [3.63, 3.8) is 0 Å². The zero-order valence-electron chi connectivity index (χ0n) is 10.8. The number of hydrogen-bond acceptors (Lipinski definition) is 2. The minimum atomic E-state index is -0.585. The summed E-state index contributed by atoms with van der Waals surface area (Å²) in [7, 11) is 0. The zero-order valence-corrected chi connectivity index (χ0v) is 12.3. The molecular weight excluding hydrogens is 299 g/mol. The fourth-order valence-electron chi connectivity index (χ4n) is 1.34. The van der Waals surface area contributed by atoms with Crippen LogP contribution in [0.2, 0.25) is 0 Å². The molecule has 0 fully saturated rings. The molecule has 0 bridgehead atoms. The second kappa shape index (κ2) is 5.80. The van der Waals surface area contributed by atoms with Crippen molar-refractivity contribution in [2.45, 2.75) is 33.4 Å². The van der Waals surface area contributed by atoms with Crippen molar-refractivity contribution in [1.29, 1.82) is 0 Å². The maximum Gasteiger partial charge on any atom is 0.237 e. The van der Waals surface area contributed by atoms with Crippen molar-refractivity contribution >= 4 is 21.8 Å². The molecule has 0 radical (unpaired) electrons. The number of carbonyl (C=O) groups excluding carboxylic acids is 1. The van der Waals surface area contributed by atoms with E-state index < -0.39 is 6.04 Å². The Morgan fingerprint density at radius 1 is 1.50 bits per heavy atom. The molecule has 0 aliphatic carbocycles. The lowest BCUT2D eigenvalue weighted by atomic mass is 9.87. The number of halogens is 2. The van der Waals surface area contributed by atoms with E-state index in [0.717, 1.165) is 0 Å². The number of carbonyl (C=O) groups is 1. The average molecular weight is 317 g/mol. The average Bonchev–Trinajstić information content (AvgIpc) is 2.28. The molecule has 18 heavy (non-hydrogen) atoms. The maximum absolute atomic E-state index is 13.3. The number of benzene rings is 1. The third kappa shape index (κ3) is 4.07. The molecular formula is C13H18BrFN2O. The van der Waals surface area contributed by atoms with Crippen LogP contribution in [0.5, 0.6) is 0 Å². The normalized spacial score (nSPS) is 13.2. The first kappa shape index (κ1) is 15.1. The van der Waals surface area contributed by atoms with Crippen LogP contribution in [0.1, 0.15) is 26.3 Å². The van der Waals surface area contributed by atoms with Gasteiger partial charge in [0.05, 0.1) is 10.5 Å². The third-order valence-electron chi connectivity index (χ3n) is 2.67. The molecule has 0 aliphatic heterocycles. The molecule has 1 rings (SSSR count). The van der Waals surface area contributed by atoms with E-state index in [1.54, 1.807) is 12.1 Å². The molecule has 1 atom stereocenters. The highest BCUT2D eigenvalue weighted by Crippen LogP contribution is 2.18. The molecule has 0 heterocycles. The highest BCUT2D eigenvalue weighted by molar-refractivity contribution is 9.10. The van der Waals surface area contributed by atoms with Crippen molar-refractivity contribution < 1.29 is 9.18 Å². The lowest BCUT2D eigenvalue weighted by Crippen LogP contribution is -2.48. The van der Waals surface area contributed by atoms with E-state index in [2.05, 4.69) is 21.2 Å². The Balaban J connectivity index is 2.60. The van der Waals surface area contributed by atoms with Crippen molar-refractivity contribution in [3.8, 4) is 0 Å². The summed E-state index contributed by atoms with van der Waals surface area (Å²) < 4.78 is 13.7. The molecule has 3 nitrogen and oxygen atoms in total. The Bertz CT molecular complexity index is 443. The van der Waals surface area contributed by atoms with E-state index >= 15 is 0 Å². The van der Waals surface area contributed by atoms with Crippen molar-refractivity contribution in [3.05, 3.63) is 34.1 Å². The van der Waals surface area contributed by atoms with E-state index in [1.807, 2.05) is 20.8 Å². The van der Waals surface area contributed by atoms with Gasteiger partial charge in [-0.2, -0.15) is 0 Å². The van der Waals surface area contributed by atoms with Gasteiger partial charge < -0.3 is 11.1 Å². The van der Waals surface area contributed by atoms with Crippen LogP contribution in [0.15, 0.2) is 22.7 Å². The standard InChI is InChI=1S/C13H18BrFN2O/c1-13(2,3)11(16)12(18)17-7-8-4-5-9(14)10(15)6-8/h4-6,11H,7,16H2,1-3H3,(H,17,18)/t11-/m1/s1. The number of nitrogens with two attached hydrogens (primary N) is 1. The summed E-state index contributed by atoms with van der Waals surface area (Å²) in [6.07, 6.45) is 0. The van der Waals surface area contributed by atoms with Gasteiger partial charge in [0.15, 0.2) is 0 Å². The third-order valence-corrected chi connectivity index (χ3v) is 3.31. The lowest BCUT2D eigenvalue weighted by Gasteiger charge is -2.25. The first-order valence-electron chi connectivity index (χ1n) is 5.69. The monoisotopic (exact) mass is 316 g/mol. The second-order valence-corrected chi connectivity index (χ2v) is 6.16. The summed E-state index contributed by atoms with van der Waals surface area (Å²) in [6, 6.07) is 4.15. The van der Waals surface area contributed by atoms with Gasteiger partial charge in [-0.15, -0.1) is 0 Å². The second-order valence-electron chi connectivity index (χ2n) is 5.31. The minimum Gasteiger partial charge on any atom is -0.351 e. The van der Waals surface area contributed by atoms with E-state index in [4.69, 9.17) is 5.73 Å². The van der Waals surface area contributed by atoms with Crippen LogP contribution < -0.4 is 11.1 Å². The molecule has 0 saturated carbocycles. The van der Waals surface area contributed by atoms with Gasteiger partial charge in [-0.1, -0.05) is 26.8 Å². The summed E-state index contributed by atoms with van der Waals surface area (Å²) >= 11 is 3.08. The van der Waals surface area contributed by atoms with E-state index in [9.17, 15) is 9.18 Å². The molecule has 0 unspecified atom stereocenters. The van der Waals surface area contributed by atoms with Crippen molar-refractivity contribution in [2.75, 3.05) is 0 Å². The zero-order chi connectivity index (χ0) is 13.9. The molecule has 3 N–H and O–H groups in total. The van der Waals surface area contributed by atoms with Crippen LogP contribution in [-0.2, 0) is 11.3 Å². The first-order chi connectivity index (χ1) is 8.21. The Kier molecular flexibility index (Phi) is 4.87. The minimum absolute atomic E-state index is 0.231. The molecule has 0 aromatic heterocycles. The molecule has 1 aromatic carbocycles. The first-order valence-corrected chi connectivity index (χ1v) is 6.48. The van der Waals surface area contributed by atoms with Gasteiger partial charge in [0.2, 0.25) is 5.91 Å². The topological polar surface area (TPSA) is 55.1 Å². The van der Waals surface area contributed by atoms with Gasteiger partial charge in [0, 0.05) is 6.54 Å². The number of nitrogens with one attached hydrogen (secondary N) is 1. The SMILES string of the molecule is CC(C)(C)[C@H](N)C(=O)NCc1ccc(Br)c(F)c1. The van der Waals surface area contributed by atoms with Crippen LogP contribution in [-0.4, -0.2) is 11.9 Å². The smallest absolute Gasteiger partial charge is 0.237 e. The number of rotatable bonds is 3. The Labute approximate surface area is 115 Å². The van der Waals surface area contributed by atoms with Crippen LogP contribution in [0.4, 0.5) is 4.39 Å². The molecule has 5 heteroatoms. The van der Waals surface area contributed by atoms with Crippen molar-refractivity contribution in [2.24, 2.45) is 11.1 Å². The Morgan fingerprint density at radius 2 is 2.11 bits per heavy atom. The predicted molar refractivity (Wildman–Crippen MR) is 73.4 cm³/mol. The van der Waals surface area contributed by atoms with Crippen LogP contribution in [0.25, 0.3) is 0 Å². The van der Waals surface area contributed by atoms with E-state index in [0.29, 0.717) is 10.0 Å². The molecule has 0 aliphatic rings. The summed E-state index contributed by atoms with van der Waals surface area (Å²) in [6.45, 7) is 5.97. The summed E-state index contributed by atoms with van der Waals surface area (Å²) in [5.74, 6) is -0.576. The summed E-state index contributed by atoms with van der Waals surface area (Å²) in [4.78, 5) is 11.8. The largest absolute Gasteiger partial charge is 0.351 e. The van der Waals surface area contributed by atoms with Crippen molar-refractivity contribution in [1.82, 2.24) is 5.32 Å². The van der Waals surface area contributed by atoms with Gasteiger partial charge >= 0.3 is 0 Å². The predicted octanol–water partition coefficient (Wildman–Crippen LogP) is 2.58. The van der Waals surface area contributed by atoms with E-state index in [-0.39, 0.29) is 23.7 Å². The summed E-state index contributed by atoms with van der Waals surface area (Å²) in [5, 5.41) is 2.71. The molecule has 0 spiro atoms. The van der Waals surface area contributed by atoms with Gasteiger partial charge in [0.1, 0.15) is 5.82 Å². The Hall–Kier alpha value is -0.940. The van der Waals surface area contributed by atoms with Gasteiger partial charge in [-0.25, -0.2) is 4.39 Å². The van der Waals surface area contributed by atoms with Crippen LogP contribution >= 0.6 is 15.9 Å². The van der Waals surface area contributed by atoms with Gasteiger partial charge in [0.25, 0.3) is 0 Å². The van der Waals surface area contributed by atoms with Crippen LogP contribution in [0.3, 0.4) is 0 Å². The van der Waals surface area contributed by atoms with Gasteiger partial charge in [-0.05, 0) is 39.0 Å². The highest BCUT2D eigenvalue weighted by atomic mass is 79.9. The molecule has 100 valence electrons. The quantitative estimate of drug-likeness (QED) is 0.900. The lowest BCUT2D eigenvalue weighted by molar-refractivity contribution is -0.124. The highest BCUT2D eigenvalue weighted by Gasteiger charge is 2.27. The molecule has 0 saturated heterocycles. The summed E-state index contributed by atoms with van der Waals surface area (Å²) in [5.41, 5.74) is 6.22. The number of amides is 1. The number of hydrogen-bond donors (Lipinski definition) is 2. The van der Waals surface area contributed by atoms with Gasteiger partial charge in [-0.3, -0.25) is 4.79 Å². The van der Waals surface area contributed by atoms with E-state index in [1.165, 1.54) is 6.07 Å². The fourth-order valence-corrected chi connectivity index (χ4v) is 1.59. The molecule has 1 aromatic rings. The Morgan fingerprint density at radius 3 is 2.61 bits per heavy atom. The van der Waals surface area contributed by atoms with Crippen LogP contribution in [0, 0.1) is 11.2 Å². The maximum atomic E-state index is 13.3. The molecule has 1 amide bonds. The fraction of sp³-hybridized carbons (Fsp3) is 0.462.